The number of benzene rings is 1. The third-order valence-corrected chi connectivity index (χ3v) is 4.48. The summed E-state index contributed by atoms with van der Waals surface area (Å²) in [5, 5.41) is 7.12. The Morgan fingerprint density at radius 1 is 1.21 bits per heavy atom. The van der Waals surface area contributed by atoms with Crippen LogP contribution in [0.4, 0.5) is 26.3 Å². The molecule has 0 aromatic heterocycles. The average Bonchev–Trinajstić information content (AvgIpc) is 2.65. The number of rotatable bonds is 6. The van der Waals surface area contributed by atoms with E-state index in [1.165, 1.54) is 44.2 Å². The zero-order valence-corrected chi connectivity index (χ0v) is 15.9. The first kappa shape index (κ1) is 25.1. The highest BCUT2D eigenvalue weighted by Crippen LogP contribution is 2.35. The molecule has 4 nitrogen and oxygen atoms in total. The van der Waals surface area contributed by atoms with E-state index in [0.29, 0.717) is 6.04 Å². The normalized spacial score (nSPS) is 15.6. The first-order valence-electron chi connectivity index (χ1n) is 9.13. The Morgan fingerprint density at radius 3 is 2.31 bits per heavy atom. The molecule has 1 saturated carbocycles. The molecule has 0 saturated heterocycles. The van der Waals surface area contributed by atoms with Crippen molar-refractivity contribution in [1.29, 1.82) is 0 Å². The fourth-order valence-electron chi connectivity index (χ4n) is 2.97. The summed E-state index contributed by atoms with van der Waals surface area (Å²) in [6.45, 7) is 1.14. The highest BCUT2D eigenvalue weighted by Gasteiger charge is 2.38. The lowest BCUT2D eigenvalue weighted by atomic mass is 9.94. The molecule has 0 aliphatic heterocycles. The molecule has 0 heterocycles. The maximum atomic E-state index is 12.8. The second-order valence-corrected chi connectivity index (χ2v) is 6.70. The topological polar surface area (TPSA) is 49.8 Å². The van der Waals surface area contributed by atoms with Crippen molar-refractivity contribution in [3.8, 4) is 5.75 Å². The van der Waals surface area contributed by atoms with Gasteiger partial charge in [0, 0.05) is 12.6 Å². The van der Waals surface area contributed by atoms with Gasteiger partial charge in [0.2, 0.25) is 0 Å². The minimum Gasteiger partial charge on any atom is -0.493 e. The van der Waals surface area contributed by atoms with Crippen LogP contribution in [0.2, 0.25) is 0 Å². The van der Waals surface area contributed by atoms with E-state index >= 15 is 0 Å². The predicted octanol–water partition coefficient (Wildman–Crippen LogP) is 5.17. The summed E-state index contributed by atoms with van der Waals surface area (Å²) in [6, 6.07) is 6.77. The summed E-state index contributed by atoms with van der Waals surface area (Å²) in [5.74, 6) is -2.89. The van der Waals surface area contributed by atoms with Crippen LogP contribution in [0.1, 0.15) is 44.1 Å². The van der Waals surface area contributed by atoms with Crippen LogP contribution >= 0.6 is 0 Å². The third kappa shape index (κ3) is 9.38. The summed E-state index contributed by atoms with van der Waals surface area (Å²) < 4.78 is 75.5. The van der Waals surface area contributed by atoms with Crippen molar-refractivity contribution >= 4 is 5.97 Å². The minimum atomic E-state index is -5.08. The van der Waals surface area contributed by atoms with Gasteiger partial charge in [0.15, 0.2) is 0 Å². The van der Waals surface area contributed by atoms with Crippen LogP contribution in [0.25, 0.3) is 0 Å². The van der Waals surface area contributed by atoms with Crippen LogP contribution in [-0.4, -0.2) is 48.4 Å². The van der Waals surface area contributed by atoms with Crippen molar-refractivity contribution in [2.75, 3.05) is 20.2 Å². The van der Waals surface area contributed by atoms with Gasteiger partial charge in [0.05, 0.1) is 12.2 Å². The molecular formula is C19H24F6NO3. The van der Waals surface area contributed by atoms with Gasteiger partial charge in [0.1, 0.15) is 5.75 Å². The number of nitrogens with zero attached hydrogens (tertiary/aromatic N) is 1. The van der Waals surface area contributed by atoms with Gasteiger partial charge in [-0.3, -0.25) is 0 Å². The summed E-state index contributed by atoms with van der Waals surface area (Å²) in [5.41, 5.74) is -0.730. The van der Waals surface area contributed by atoms with Crippen molar-refractivity contribution < 1.29 is 41.0 Å². The number of hydrogen-bond donors (Lipinski definition) is 1. The summed E-state index contributed by atoms with van der Waals surface area (Å²) in [6.07, 6.45) is -2.42. The molecular weight excluding hydrogens is 404 g/mol. The highest BCUT2D eigenvalue weighted by molar-refractivity contribution is 5.73. The second-order valence-electron chi connectivity index (χ2n) is 6.70. The van der Waals surface area contributed by atoms with Crippen LogP contribution in [-0.2, 0) is 11.0 Å². The summed E-state index contributed by atoms with van der Waals surface area (Å²) in [4.78, 5) is 11.2. The molecule has 0 amide bonds. The van der Waals surface area contributed by atoms with Crippen molar-refractivity contribution in [3.63, 3.8) is 0 Å². The number of alkyl halides is 6. The van der Waals surface area contributed by atoms with Crippen molar-refractivity contribution in [2.24, 2.45) is 0 Å². The highest BCUT2D eigenvalue weighted by atomic mass is 19.4. The van der Waals surface area contributed by atoms with Crippen LogP contribution in [0.3, 0.4) is 0 Å². The van der Waals surface area contributed by atoms with E-state index in [2.05, 4.69) is 18.0 Å². The maximum Gasteiger partial charge on any atom is 0.490 e. The van der Waals surface area contributed by atoms with Crippen LogP contribution < -0.4 is 4.74 Å². The Hall–Kier alpha value is -1.97. The van der Waals surface area contributed by atoms with Gasteiger partial charge in [-0.05, 0) is 44.5 Å². The number of carbonyl (C=O) groups is 1. The molecule has 1 aliphatic carbocycles. The Balaban J connectivity index is 0.000000516. The largest absolute Gasteiger partial charge is 0.493 e. The zero-order valence-electron chi connectivity index (χ0n) is 15.9. The Bertz CT molecular complexity index is 627. The average molecular weight is 428 g/mol. The zero-order chi connectivity index (χ0) is 22.1. The van der Waals surface area contributed by atoms with E-state index in [0.717, 1.165) is 19.0 Å². The van der Waals surface area contributed by atoms with E-state index in [4.69, 9.17) is 14.6 Å². The standard InChI is InChI=1S/C17H23F3NO.C2HF3O2/c1-21(14-8-3-2-4-9-14)12-7-13-22-16-11-6-5-10-15(16)17(18,19)20;3-2(4,5)1(6)7/h5,10-11,14H,2-4,7-9,12-13H2,1H3;(H,6,7). The quantitative estimate of drug-likeness (QED) is 0.502. The third-order valence-electron chi connectivity index (χ3n) is 4.48. The molecule has 0 atom stereocenters. The van der Waals surface area contributed by atoms with Gasteiger partial charge in [-0.1, -0.05) is 25.3 Å². The van der Waals surface area contributed by atoms with Crippen molar-refractivity contribution in [2.45, 2.75) is 56.9 Å². The van der Waals surface area contributed by atoms with Crippen LogP contribution in [0.5, 0.6) is 5.75 Å². The molecule has 1 radical (unpaired) electrons. The lowest BCUT2D eigenvalue weighted by Gasteiger charge is -2.31. The van der Waals surface area contributed by atoms with E-state index in [-0.39, 0.29) is 12.4 Å². The fraction of sp³-hybridized carbons (Fsp3) is 0.632. The second kappa shape index (κ2) is 11.3. The first-order valence-corrected chi connectivity index (χ1v) is 9.13. The maximum absolute atomic E-state index is 12.8. The number of carboxylic acids is 1. The van der Waals surface area contributed by atoms with E-state index in [9.17, 15) is 26.3 Å². The monoisotopic (exact) mass is 428 g/mol. The molecule has 1 aliphatic rings. The molecule has 0 bridgehead atoms. The molecule has 1 aromatic rings. The molecule has 1 N–H and O–H groups in total. The van der Waals surface area contributed by atoms with Gasteiger partial charge >= 0.3 is 18.3 Å². The Labute approximate surface area is 165 Å². The number of aliphatic carboxylic acids is 1. The van der Waals surface area contributed by atoms with Crippen molar-refractivity contribution in [3.05, 3.63) is 29.8 Å². The van der Waals surface area contributed by atoms with Gasteiger partial charge in [-0.25, -0.2) is 4.79 Å². The van der Waals surface area contributed by atoms with E-state index < -0.39 is 23.9 Å². The predicted molar refractivity (Wildman–Crippen MR) is 93.6 cm³/mol. The first-order chi connectivity index (χ1) is 13.4. The van der Waals surface area contributed by atoms with E-state index in [1.54, 1.807) is 0 Å². The summed E-state index contributed by atoms with van der Waals surface area (Å²) in [7, 11) is 2.09. The minimum absolute atomic E-state index is 0.129. The van der Waals surface area contributed by atoms with Gasteiger partial charge < -0.3 is 14.7 Å². The lowest BCUT2D eigenvalue weighted by molar-refractivity contribution is -0.192. The number of halogens is 6. The summed E-state index contributed by atoms with van der Waals surface area (Å²) >= 11 is 0. The number of carboxylic acid groups (broad SMARTS) is 1. The smallest absolute Gasteiger partial charge is 0.490 e. The molecule has 10 heteroatoms. The molecule has 0 spiro atoms. The SMILES string of the molecule is CN(CCCOc1c[c]ccc1C(F)(F)F)C1CCCCC1.O=C(O)C(F)(F)F. The van der Waals surface area contributed by atoms with Crippen LogP contribution in [0.15, 0.2) is 18.2 Å². The van der Waals surface area contributed by atoms with Gasteiger partial charge in [0.25, 0.3) is 0 Å². The van der Waals surface area contributed by atoms with Gasteiger partial charge in [-0.15, -0.1) is 0 Å². The Kier molecular flexibility index (Phi) is 9.75. The number of ether oxygens (including phenoxy) is 1. The molecule has 2 rings (SSSR count). The molecule has 1 aromatic carbocycles. The fourth-order valence-corrected chi connectivity index (χ4v) is 2.97. The van der Waals surface area contributed by atoms with Gasteiger partial charge in [-0.2, -0.15) is 26.3 Å². The molecule has 0 unspecified atom stereocenters. The lowest BCUT2D eigenvalue weighted by Crippen LogP contribution is -2.34. The number of hydrogen-bond acceptors (Lipinski definition) is 3. The Morgan fingerprint density at radius 2 is 1.79 bits per heavy atom. The van der Waals surface area contributed by atoms with E-state index in [1.807, 2.05) is 0 Å². The molecule has 165 valence electrons. The van der Waals surface area contributed by atoms with Crippen LogP contribution in [0, 0.1) is 6.07 Å². The molecule has 29 heavy (non-hydrogen) atoms. The molecule has 1 fully saturated rings. The van der Waals surface area contributed by atoms with Crippen molar-refractivity contribution in [1.82, 2.24) is 4.90 Å².